The number of hydrogen-bond acceptors (Lipinski definition) is 6. The summed E-state index contributed by atoms with van der Waals surface area (Å²) in [5, 5.41) is 19.2. The Morgan fingerprint density at radius 1 is 1.43 bits per heavy atom. The van der Waals surface area contributed by atoms with Crippen molar-refractivity contribution in [1.29, 1.82) is 5.26 Å². The summed E-state index contributed by atoms with van der Waals surface area (Å²) >= 11 is 0. The Labute approximate surface area is 120 Å². The fourth-order valence-electron chi connectivity index (χ4n) is 1.46. The summed E-state index contributed by atoms with van der Waals surface area (Å²) in [5.41, 5.74) is -0.595. The Morgan fingerprint density at radius 2 is 2.10 bits per heavy atom. The molecule has 21 heavy (non-hydrogen) atoms. The van der Waals surface area contributed by atoms with Gasteiger partial charge in [0, 0.05) is 19.7 Å². The van der Waals surface area contributed by atoms with Gasteiger partial charge in [-0.25, -0.2) is 4.79 Å². The van der Waals surface area contributed by atoms with Crippen LogP contribution in [0.3, 0.4) is 0 Å². The van der Waals surface area contributed by atoms with E-state index in [1.54, 1.807) is 0 Å². The molecule has 1 aromatic rings. The number of benzene rings is 1. The molecular weight excluding hydrogens is 278 g/mol. The van der Waals surface area contributed by atoms with Crippen LogP contribution < -0.4 is 0 Å². The molecule has 0 N–H and O–H groups in total. The summed E-state index contributed by atoms with van der Waals surface area (Å²) in [5.74, 6) is -1.43. The predicted octanol–water partition coefficient (Wildman–Crippen LogP) is 1.12. The molecule has 0 unspecified atom stereocenters. The van der Waals surface area contributed by atoms with Gasteiger partial charge in [0.25, 0.3) is 11.6 Å². The lowest BCUT2D eigenvalue weighted by Crippen LogP contribution is -2.32. The number of esters is 1. The third kappa shape index (κ3) is 4.58. The number of carbonyl (C=O) groups excluding carboxylic acids is 2. The first-order chi connectivity index (χ1) is 9.97. The largest absolute Gasteiger partial charge is 0.452 e. The molecule has 0 heterocycles. The van der Waals surface area contributed by atoms with Crippen LogP contribution in [0, 0.1) is 21.4 Å². The topological polar surface area (TPSA) is 114 Å². The number of nitro groups is 1. The van der Waals surface area contributed by atoms with E-state index in [0.29, 0.717) is 0 Å². The minimum Gasteiger partial charge on any atom is -0.452 e. The smallest absolute Gasteiger partial charge is 0.345 e. The molecule has 0 aliphatic heterocycles. The van der Waals surface area contributed by atoms with Gasteiger partial charge < -0.3 is 9.64 Å². The van der Waals surface area contributed by atoms with Gasteiger partial charge in [-0.3, -0.25) is 14.9 Å². The average Bonchev–Trinajstić information content (AvgIpc) is 2.49. The third-order valence-corrected chi connectivity index (χ3v) is 2.63. The Hall–Kier alpha value is -2.95. The molecule has 1 rings (SSSR count). The lowest BCUT2D eigenvalue weighted by Gasteiger charge is -2.15. The maximum absolute atomic E-state index is 11.8. The molecule has 0 spiro atoms. The Balaban J connectivity index is 2.65. The number of nitriles is 1. The molecule has 0 bridgehead atoms. The molecule has 0 aliphatic rings. The van der Waals surface area contributed by atoms with Crippen molar-refractivity contribution < 1.29 is 19.2 Å². The average molecular weight is 291 g/mol. The Morgan fingerprint density at radius 3 is 2.71 bits per heavy atom. The van der Waals surface area contributed by atoms with Crippen LogP contribution in [-0.4, -0.2) is 41.9 Å². The van der Waals surface area contributed by atoms with E-state index in [2.05, 4.69) is 0 Å². The van der Waals surface area contributed by atoms with Crippen LogP contribution in [0.15, 0.2) is 24.3 Å². The van der Waals surface area contributed by atoms with Crippen molar-refractivity contribution in [2.45, 2.75) is 6.42 Å². The Kier molecular flexibility index (Phi) is 5.82. The molecule has 0 radical (unpaired) electrons. The highest BCUT2D eigenvalue weighted by Gasteiger charge is 2.21. The number of ether oxygens (including phenoxy) is 1. The summed E-state index contributed by atoms with van der Waals surface area (Å²) in [6, 6.07) is 7.21. The first-order valence-corrected chi connectivity index (χ1v) is 5.98. The van der Waals surface area contributed by atoms with Gasteiger partial charge in [0.15, 0.2) is 6.61 Å². The number of para-hydroxylation sites is 1. The van der Waals surface area contributed by atoms with E-state index >= 15 is 0 Å². The molecule has 0 aliphatic carbocycles. The Bertz CT molecular complexity index is 594. The van der Waals surface area contributed by atoms with E-state index in [4.69, 9.17) is 10.00 Å². The van der Waals surface area contributed by atoms with Gasteiger partial charge in [-0.1, -0.05) is 12.1 Å². The van der Waals surface area contributed by atoms with Crippen LogP contribution in [0.2, 0.25) is 0 Å². The zero-order valence-corrected chi connectivity index (χ0v) is 11.3. The fraction of sp³-hybridized carbons (Fsp3) is 0.308. The maximum Gasteiger partial charge on any atom is 0.345 e. The van der Waals surface area contributed by atoms with E-state index < -0.39 is 23.4 Å². The predicted molar refractivity (Wildman–Crippen MR) is 71.2 cm³/mol. The summed E-state index contributed by atoms with van der Waals surface area (Å²) in [4.78, 5) is 34.7. The molecule has 110 valence electrons. The number of carbonyl (C=O) groups is 2. The zero-order valence-electron chi connectivity index (χ0n) is 11.3. The van der Waals surface area contributed by atoms with E-state index in [9.17, 15) is 19.7 Å². The lowest BCUT2D eigenvalue weighted by atomic mass is 10.2. The minimum atomic E-state index is -0.940. The van der Waals surface area contributed by atoms with Crippen LogP contribution in [0.25, 0.3) is 0 Å². The fourth-order valence-corrected chi connectivity index (χ4v) is 1.46. The van der Waals surface area contributed by atoms with Crippen molar-refractivity contribution in [3.8, 4) is 6.07 Å². The second-order valence-corrected chi connectivity index (χ2v) is 4.07. The van der Waals surface area contributed by atoms with Crippen LogP contribution in [0.5, 0.6) is 0 Å². The molecule has 8 heteroatoms. The van der Waals surface area contributed by atoms with Gasteiger partial charge in [0.1, 0.15) is 5.56 Å². The summed E-state index contributed by atoms with van der Waals surface area (Å²) in [7, 11) is 1.47. The summed E-state index contributed by atoms with van der Waals surface area (Å²) < 4.78 is 4.76. The molecule has 0 saturated heterocycles. The van der Waals surface area contributed by atoms with E-state index in [1.807, 2.05) is 6.07 Å². The zero-order chi connectivity index (χ0) is 15.8. The van der Waals surface area contributed by atoms with Crippen LogP contribution in [0.4, 0.5) is 5.69 Å². The molecular formula is C13H13N3O5. The quantitative estimate of drug-likeness (QED) is 0.441. The molecule has 1 amide bonds. The number of rotatable bonds is 6. The van der Waals surface area contributed by atoms with Crippen molar-refractivity contribution >= 4 is 17.6 Å². The van der Waals surface area contributed by atoms with Crippen LogP contribution in [-0.2, 0) is 9.53 Å². The van der Waals surface area contributed by atoms with Gasteiger partial charge >= 0.3 is 5.97 Å². The van der Waals surface area contributed by atoms with Crippen molar-refractivity contribution in [2.75, 3.05) is 20.2 Å². The molecule has 0 atom stereocenters. The number of amides is 1. The second-order valence-electron chi connectivity index (χ2n) is 4.07. The second kappa shape index (κ2) is 7.59. The highest BCUT2D eigenvalue weighted by molar-refractivity contribution is 5.95. The molecule has 0 fully saturated rings. The minimum absolute atomic E-state index is 0.167. The van der Waals surface area contributed by atoms with Gasteiger partial charge in [-0.15, -0.1) is 0 Å². The van der Waals surface area contributed by atoms with Gasteiger partial charge in [0.05, 0.1) is 17.4 Å². The SMILES string of the molecule is CN(CCC#N)C(=O)COC(=O)c1ccccc1[N+](=O)[O-]. The molecule has 8 nitrogen and oxygen atoms in total. The monoisotopic (exact) mass is 291 g/mol. The number of nitro benzene ring substituents is 1. The van der Waals surface area contributed by atoms with Gasteiger partial charge in [0.2, 0.25) is 0 Å². The standard InChI is InChI=1S/C13H13N3O5/c1-15(8-4-7-14)12(17)9-21-13(18)10-5-2-3-6-11(10)16(19)20/h2-3,5-6H,4,8-9H2,1H3. The van der Waals surface area contributed by atoms with Crippen molar-refractivity contribution in [3.63, 3.8) is 0 Å². The first kappa shape index (κ1) is 16.1. The third-order valence-electron chi connectivity index (χ3n) is 2.63. The lowest BCUT2D eigenvalue weighted by molar-refractivity contribution is -0.385. The molecule has 1 aromatic carbocycles. The van der Waals surface area contributed by atoms with E-state index in [0.717, 1.165) is 0 Å². The van der Waals surface area contributed by atoms with Crippen molar-refractivity contribution in [1.82, 2.24) is 4.90 Å². The maximum atomic E-state index is 11.8. The van der Waals surface area contributed by atoms with E-state index in [-0.39, 0.29) is 24.2 Å². The van der Waals surface area contributed by atoms with Crippen molar-refractivity contribution in [3.05, 3.63) is 39.9 Å². The van der Waals surface area contributed by atoms with Gasteiger partial charge in [-0.2, -0.15) is 5.26 Å². The highest BCUT2D eigenvalue weighted by Crippen LogP contribution is 2.18. The number of likely N-dealkylation sites (N-methyl/N-ethyl adjacent to an activating group) is 1. The van der Waals surface area contributed by atoms with Crippen LogP contribution in [0.1, 0.15) is 16.8 Å². The summed E-state index contributed by atoms with van der Waals surface area (Å²) in [6.07, 6.45) is 0.167. The number of hydrogen-bond donors (Lipinski definition) is 0. The highest BCUT2D eigenvalue weighted by atomic mass is 16.6. The normalized spacial score (nSPS) is 9.52. The molecule has 0 aromatic heterocycles. The number of nitrogens with zero attached hydrogens (tertiary/aromatic N) is 3. The van der Waals surface area contributed by atoms with Crippen molar-refractivity contribution in [2.24, 2.45) is 0 Å². The molecule has 0 saturated carbocycles. The van der Waals surface area contributed by atoms with E-state index in [1.165, 1.54) is 36.2 Å². The van der Waals surface area contributed by atoms with Gasteiger partial charge in [-0.05, 0) is 6.07 Å². The van der Waals surface area contributed by atoms with Crippen LogP contribution >= 0.6 is 0 Å². The first-order valence-electron chi connectivity index (χ1n) is 5.98. The summed E-state index contributed by atoms with van der Waals surface area (Å²) in [6.45, 7) is -0.314.